The van der Waals surface area contributed by atoms with Crippen LogP contribution in [0.1, 0.15) is 34.6 Å². The monoisotopic (exact) mass is 606 g/mol. The van der Waals surface area contributed by atoms with Gasteiger partial charge in [-0.15, -0.1) is 0 Å². The first kappa shape index (κ1) is 27.1. The fraction of sp³-hybridized carbons (Fsp3) is 0.0476. The number of hydrogen-bond donors (Lipinski definition) is 2. The number of fused-ring (bicyclic) bond motifs is 5. The molecule has 5 nitrogen and oxygen atoms in total. The average Bonchev–Trinajstić information content (AvgIpc) is 3.60. The Hall–Kier alpha value is -6.20. The van der Waals surface area contributed by atoms with Crippen molar-refractivity contribution in [1.82, 2.24) is 5.32 Å². The summed E-state index contributed by atoms with van der Waals surface area (Å²) in [5.74, 6) is 2.37. The van der Waals surface area contributed by atoms with Crippen LogP contribution in [0.5, 0.6) is 5.75 Å². The SMILES string of the molecule is c1ccc(C2=NC(c3cccc(-c4ccccc4)c3)=NC(c3ccc4c(ccc5ccc6c(c54)NC(c4ccccc4)O6)c3)N2)cc1. The molecular weight excluding hydrogens is 576 g/mol. The van der Waals surface area contributed by atoms with Crippen LogP contribution >= 0.6 is 0 Å². The van der Waals surface area contributed by atoms with Crippen LogP contribution in [0.25, 0.3) is 32.7 Å². The predicted octanol–water partition coefficient (Wildman–Crippen LogP) is 9.66. The lowest BCUT2D eigenvalue weighted by Crippen LogP contribution is -2.33. The summed E-state index contributed by atoms with van der Waals surface area (Å²) in [4.78, 5) is 10.2. The first-order chi connectivity index (χ1) is 23.3. The quantitative estimate of drug-likeness (QED) is 0.192. The second-order valence-corrected chi connectivity index (χ2v) is 11.9. The molecule has 2 aliphatic rings. The van der Waals surface area contributed by atoms with Gasteiger partial charge in [0.2, 0.25) is 0 Å². The molecule has 7 aromatic rings. The Morgan fingerprint density at radius 3 is 2.00 bits per heavy atom. The van der Waals surface area contributed by atoms with Crippen LogP contribution in [0, 0.1) is 0 Å². The molecule has 0 aromatic heterocycles. The molecule has 224 valence electrons. The van der Waals surface area contributed by atoms with E-state index in [1.165, 1.54) is 10.8 Å². The summed E-state index contributed by atoms with van der Waals surface area (Å²) in [7, 11) is 0. The number of nitrogens with zero attached hydrogens (tertiary/aromatic N) is 2. The van der Waals surface area contributed by atoms with Gasteiger partial charge in [-0.1, -0.05) is 140 Å². The highest BCUT2D eigenvalue weighted by molar-refractivity contribution is 6.16. The molecule has 0 spiro atoms. The van der Waals surface area contributed by atoms with Crippen molar-refractivity contribution in [3.63, 3.8) is 0 Å². The van der Waals surface area contributed by atoms with E-state index in [-0.39, 0.29) is 12.4 Å². The minimum absolute atomic E-state index is 0.221. The number of benzene rings is 7. The first-order valence-corrected chi connectivity index (χ1v) is 15.9. The van der Waals surface area contributed by atoms with Crippen LogP contribution in [0.3, 0.4) is 0 Å². The molecule has 2 unspecified atom stereocenters. The lowest BCUT2D eigenvalue weighted by molar-refractivity contribution is 0.260. The van der Waals surface area contributed by atoms with Crippen LogP contribution in [0.4, 0.5) is 5.69 Å². The van der Waals surface area contributed by atoms with Gasteiger partial charge >= 0.3 is 0 Å². The molecule has 5 heteroatoms. The maximum atomic E-state index is 6.36. The Morgan fingerprint density at radius 2 is 1.19 bits per heavy atom. The Labute approximate surface area is 272 Å². The number of anilines is 1. The maximum Gasteiger partial charge on any atom is 0.196 e. The van der Waals surface area contributed by atoms with E-state index in [4.69, 9.17) is 14.7 Å². The van der Waals surface area contributed by atoms with E-state index in [1.807, 2.05) is 42.5 Å². The number of nitrogens with one attached hydrogen (secondary N) is 2. The maximum absolute atomic E-state index is 6.36. The molecule has 0 amide bonds. The number of rotatable bonds is 5. The van der Waals surface area contributed by atoms with Gasteiger partial charge < -0.3 is 15.4 Å². The second-order valence-electron chi connectivity index (χ2n) is 11.9. The molecular formula is C42H30N4O. The minimum Gasteiger partial charge on any atom is -0.464 e. The van der Waals surface area contributed by atoms with E-state index in [0.717, 1.165) is 61.4 Å². The molecule has 0 saturated heterocycles. The highest BCUT2D eigenvalue weighted by Gasteiger charge is 2.26. The number of hydrogen-bond acceptors (Lipinski definition) is 5. The van der Waals surface area contributed by atoms with E-state index in [1.54, 1.807) is 0 Å². The van der Waals surface area contributed by atoms with Crippen molar-refractivity contribution in [3.05, 3.63) is 180 Å². The van der Waals surface area contributed by atoms with Crippen molar-refractivity contribution in [1.29, 1.82) is 0 Å². The summed E-state index contributed by atoms with van der Waals surface area (Å²) in [5.41, 5.74) is 7.49. The molecule has 2 aliphatic heterocycles. The third-order valence-electron chi connectivity index (χ3n) is 8.94. The summed E-state index contributed by atoms with van der Waals surface area (Å²) in [6.45, 7) is 0. The van der Waals surface area contributed by atoms with Gasteiger partial charge in [0.25, 0.3) is 0 Å². The van der Waals surface area contributed by atoms with Gasteiger partial charge in [0.05, 0.1) is 5.69 Å². The molecule has 7 aromatic carbocycles. The second kappa shape index (κ2) is 11.3. The van der Waals surface area contributed by atoms with Crippen LogP contribution in [0.2, 0.25) is 0 Å². The summed E-state index contributed by atoms with van der Waals surface area (Å²) in [6, 6.07) is 54.7. The Bertz CT molecular complexity index is 2330. The van der Waals surface area contributed by atoms with Crippen molar-refractivity contribution >= 4 is 38.9 Å². The third-order valence-corrected chi connectivity index (χ3v) is 8.94. The Morgan fingerprint density at radius 1 is 0.511 bits per heavy atom. The van der Waals surface area contributed by atoms with E-state index in [2.05, 4.69) is 126 Å². The van der Waals surface area contributed by atoms with Gasteiger partial charge in [0.1, 0.15) is 17.8 Å². The standard InChI is InChI=1S/C42H30N4O/c1-4-11-27(12-5-1)31-17-10-18-33(25-31)40-44-39(29-13-6-2-7-14-29)45-41(46-40)34-21-23-35-32(26-34)20-19-28-22-24-36-38(37(28)35)43-42(47-36)30-15-8-3-9-16-30/h1-26,41-43H,(H,44,45,46). The highest BCUT2D eigenvalue weighted by atomic mass is 16.5. The fourth-order valence-corrected chi connectivity index (χ4v) is 6.59. The van der Waals surface area contributed by atoms with Gasteiger partial charge in [-0.25, -0.2) is 9.98 Å². The van der Waals surface area contributed by atoms with Crippen LogP contribution in [0.15, 0.2) is 168 Å². The van der Waals surface area contributed by atoms with Gasteiger partial charge in [0.15, 0.2) is 12.1 Å². The van der Waals surface area contributed by atoms with Crippen LogP contribution < -0.4 is 15.4 Å². The number of amidine groups is 2. The highest BCUT2D eigenvalue weighted by Crippen LogP contribution is 2.45. The summed E-state index contributed by atoms with van der Waals surface area (Å²) in [6.07, 6.45) is -0.537. The third kappa shape index (κ3) is 4.99. The predicted molar refractivity (Wildman–Crippen MR) is 192 cm³/mol. The average molecular weight is 607 g/mol. The Balaban J connectivity index is 1.12. The van der Waals surface area contributed by atoms with Crippen molar-refractivity contribution in [3.8, 4) is 16.9 Å². The first-order valence-electron chi connectivity index (χ1n) is 15.9. The topological polar surface area (TPSA) is 58.0 Å². The van der Waals surface area contributed by atoms with E-state index in [9.17, 15) is 0 Å². The molecule has 0 bridgehead atoms. The minimum atomic E-state index is -0.316. The smallest absolute Gasteiger partial charge is 0.196 e. The lowest BCUT2D eigenvalue weighted by atomic mass is 9.97. The Kier molecular flexibility index (Phi) is 6.53. The van der Waals surface area contributed by atoms with Crippen molar-refractivity contribution in [2.24, 2.45) is 9.98 Å². The van der Waals surface area contributed by atoms with E-state index in [0.29, 0.717) is 5.84 Å². The molecule has 0 radical (unpaired) electrons. The molecule has 47 heavy (non-hydrogen) atoms. The molecule has 0 fully saturated rings. The van der Waals surface area contributed by atoms with Gasteiger partial charge in [-0.2, -0.15) is 0 Å². The van der Waals surface area contributed by atoms with Crippen molar-refractivity contribution in [2.75, 3.05) is 5.32 Å². The van der Waals surface area contributed by atoms with Crippen molar-refractivity contribution in [2.45, 2.75) is 12.4 Å². The normalized spacial score (nSPS) is 16.9. The number of aliphatic imine (C=N–C) groups is 2. The zero-order chi connectivity index (χ0) is 31.2. The largest absolute Gasteiger partial charge is 0.464 e. The molecule has 2 heterocycles. The van der Waals surface area contributed by atoms with E-state index >= 15 is 0 Å². The molecule has 2 atom stereocenters. The summed E-state index contributed by atoms with van der Waals surface area (Å²) < 4.78 is 6.36. The van der Waals surface area contributed by atoms with E-state index < -0.39 is 0 Å². The molecule has 9 rings (SSSR count). The molecule has 0 saturated carbocycles. The molecule has 0 aliphatic carbocycles. The van der Waals surface area contributed by atoms with Gasteiger partial charge in [0, 0.05) is 22.1 Å². The summed E-state index contributed by atoms with van der Waals surface area (Å²) >= 11 is 0. The zero-order valence-electron chi connectivity index (χ0n) is 25.5. The fourth-order valence-electron chi connectivity index (χ4n) is 6.59. The van der Waals surface area contributed by atoms with Crippen molar-refractivity contribution < 1.29 is 4.74 Å². The van der Waals surface area contributed by atoms with Gasteiger partial charge in [-0.05, 0) is 51.0 Å². The van der Waals surface area contributed by atoms with Gasteiger partial charge in [-0.3, -0.25) is 0 Å². The van der Waals surface area contributed by atoms with Crippen LogP contribution in [-0.4, -0.2) is 11.7 Å². The molecule has 2 N–H and O–H groups in total. The lowest BCUT2D eigenvalue weighted by Gasteiger charge is -2.24. The van der Waals surface area contributed by atoms with Crippen LogP contribution in [-0.2, 0) is 0 Å². The summed E-state index contributed by atoms with van der Waals surface area (Å²) in [5, 5.41) is 11.9. The zero-order valence-corrected chi connectivity index (χ0v) is 25.5. The number of ether oxygens (including phenoxy) is 1.